The number of rotatable bonds is 6. The molecule has 0 saturated heterocycles. The fourth-order valence-electron chi connectivity index (χ4n) is 1.72. The van der Waals surface area contributed by atoms with Crippen LogP contribution in [0.25, 0.3) is 6.08 Å². The van der Waals surface area contributed by atoms with Crippen molar-refractivity contribution >= 4 is 11.9 Å². The molecule has 20 heavy (non-hydrogen) atoms. The van der Waals surface area contributed by atoms with Crippen molar-refractivity contribution in [1.82, 2.24) is 0 Å². The van der Waals surface area contributed by atoms with Crippen LogP contribution >= 0.6 is 0 Å². The van der Waals surface area contributed by atoms with Gasteiger partial charge in [-0.3, -0.25) is 4.79 Å². The number of ketones is 1. The third-order valence-corrected chi connectivity index (χ3v) is 2.94. The lowest BCUT2D eigenvalue weighted by atomic mass is 10.2. The standard InChI is InChI=1S/C18H18O2/c1-2-17(19)11-8-15-9-12-18(13-10-15)20-14-16-6-4-3-5-7-16/h3-13H,2,14H2,1H3/b11-8+. The maximum Gasteiger partial charge on any atom is 0.155 e. The van der Waals surface area contributed by atoms with E-state index in [2.05, 4.69) is 0 Å². The molecule has 0 saturated carbocycles. The summed E-state index contributed by atoms with van der Waals surface area (Å²) in [5, 5.41) is 0. The molecular weight excluding hydrogens is 248 g/mol. The van der Waals surface area contributed by atoms with Crippen molar-refractivity contribution in [2.45, 2.75) is 20.0 Å². The van der Waals surface area contributed by atoms with Crippen molar-refractivity contribution in [2.24, 2.45) is 0 Å². The van der Waals surface area contributed by atoms with Crippen LogP contribution in [0, 0.1) is 0 Å². The first kappa shape index (κ1) is 14.1. The molecule has 0 aliphatic rings. The predicted molar refractivity (Wildman–Crippen MR) is 81.5 cm³/mol. The fourth-order valence-corrected chi connectivity index (χ4v) is 1.72. The molecule has 2 aromatic carbocycles. The summed E-state index contributed by atoms with van der Waals surface area (Å²) in [4.78, 5) is 11.2. The van der Waals surface area contributed by atoms with Gasteiger partial charge in [0.05, 0.1) is 0 Å². The van der Waals surface area contributed by atoms with Crippen molar-refractivity contribution in [2.75, 3.05) is 0 Å². The van der Waals surface area contributed by atoms with Crippen LogP contribution in [-0.4, -0.2) is 5.78 Å². The first-order valence-electron chi connectivity index (χ1n) is 6.75. The van der Waals surface area contributed by atoms with Crippen LogP contribution in [0.5, 0.6) is 5.75 Å². The molecule has 0 atom stereocenters. The maximum absolute atomic E-state index is 11.2. The average molecular weight is 266 g/mol. The second-order valence-electron chi connectivity index (χ2n) is 4.50. The molecule has 0 N–H and O–H groups in total. The second-order valence-corrected chi connectivity index (χ2v) is 4.50. The number of ether oxygens (including phenoxy) is 1. The Kier molecular flexibility index (Phi) is 5.13. The van der Waals surface area contributed by atoms with Gasteiger partial charge in [0.1, 0.15) is 12.4 Å². The van der Waals surface area contributed by atoms with Gasteiger partial charge in [0, 0.05) is 6.42 Å². The number of allylic oxidation sites excluding steroid dienone is 1. The molecule has 0 unspecified atom stereocenters. The van der Waals surface area contributed by atoms with Gasteiger partial charge in [0.15, 0.2) is 5.78 Å². The molecule has 2 aromatic rings. The van der Waals surface area contributed by atoms with E-state index in [-0.39, 0.29) is 5.78 Å². The highest BCUT2D eigenvalue weighted by Gasteiger charge is 1.96. The number of hydrogen-bond donors (Lipinski definition) is 0. The molecule has 0 heterocycles. The van der Waals surface area contributed by atoms with Gasteiger partial charge in [-0.05, 0) is 29.3 Å². The van der Waals surface area contributed by atoms with Gasteiger partial charge >= 0.3 is 0 Å². The first-order valence-corrected chi connectivity index (χ1v) is 6.75. The summed E-state index contributed by atoms with van der Waals surface area (Å²) in [5.74, 6) is 0.960. The van der Waals surface area contributed by atoms with Crippen LogP contribution < -0.4 is 4.74 Å². The fraction of sp³-hybridized carbons (Fsp3) is 0.167. The number of benzene rings is 2. The molecular formula is C18H18O2. The predicted octanol–water partition coefficient (Wildman–Crippen LogP) is 4.26. The Bertz CT molecular complexity index is 568. The molecule has 0 radical (unpaired) electrons. The molecule has 0 amide bonds. The van der Waals surface area contributed by atoms with E-state index in [0.717, 1.165) is 16.9 Å². The molecule has 0 bridgehead atoms. The van der Waals surface area contributed by atoms with Crippen molar-refractivity contribution in [3.63, 3.8) is 0 Å². The minimum Gasteiger partial charge on any atom is -0.489 e. The monoisotopic (exact) mass is 266 g/mol. The zero-order valence-corrected chi connectivity index (χ0v) is 11.6. The minimum absolute atomic E-state index is 0.134. The van der Waals surface area contributed by atoms with Crippen LogP contribution in [0.1, 0.15) is 24.5 Å². The SMILES string of the molecule is CCC(=O)/C=C/c1ccc(OCc2ccccc2)cc1. The normalized spacial score (nSPS) is 10.7. The summed E-state index contributed by atoms with van der Waals surface area (Å²) in [6, 6.07) is 17.8. The smallest absolute Gasteiger partial charge is 0.155 e. The Hall–Kier alpha value is -2.35. The average Bonchev–Trinajstić information content (AvgIpc) is 2.52. The topological polar surface area (TPSA) is 26.3 Å². The van der Waals surface area contributed by atoms with Crippen LogP contribution in [-0.2, 0) is 11.4 Å². The second kappa shape index (κ2) is 7.29. The molecule has 0 aliphatic carbocycles. The van der Waals surface area contributed by atoms with Gasteiger partial charge in [-0.15, -0.1) is 0 Å². The molecule has 0 aromatic heterocycles. The van der Waals surface area contributed by atoms with E-state index in [1.54, 1.807) is 6.08 Å². The highest BCUT2D eigenvalue weighted by atomic mass is 16.5. The number of hydrogen-bond acceptors (Lipinski definition) is 2. The van der Waals surface area contributed by atoms with Crippen molar-refractivity contribution in [3.8, 4) is 5.75 Å². The zero-order chi connectivity index (χ0) is 14.2. The van der Waals surface area contributed by atoms with E-state index < -0.39 is 0 Å². The first-order chi connectivity index (χ1) is 9.78. The zero-order valence-electron chi connectivity index (χ0n) is 11.6. The van der Waals surface area contributed by atoms with Gasteiger partial charge in [0.2, 0.25) is 0 Å². The minimum atomic E-state index is 0.134. The Labute approximate surface area is 119 Å². The van der Waals surface area contributed by atoms with E-state index in [4.69, 9.17) is 4.74 Å². The van der Waals surface area contributed by atoms with Crippen LogP contribution in [0.4, 0.5) is 0 Å². The molecule has 0 fully saturated rings. The Morgan fingerprint density at radius 1 is 1.05 bits per heavy atom. The lowest BCUT2D eigenvalue weighted by molar-refractivity contribution is -0.114. The molecule has 0 aliphatic heterocycles. The maximum atomic E-state index is 11.2. The molecule has 2 rings (SSSR count). The number of carbonyl (C=O) groups excluding carboxylic acids is 1. The highest BCUT2D eigenvalue weighted by molar-refractivity contribution is 5.93. The van der Waals surface area contributed by atoms with Gasteiger partial charge < -0.3 is 4.74 Å². The third-order valence-electron chi connectivity index (χ3n) is 2.94. The number of carbonyl (C=O) groups is 1. The van der Waals surface area contributed by atoms with Gasteiger partial charge in [-0.1, -0.05) is 55.5 Å². The summed E-state index contributed by atoms with van der Waals surface area (Å²) in [5.41, 5.74) is 2.14. The van der Waals surface area contributed by atoms with Crippen LogP contribution in [0.3, 0.4) is 0 Å². The van der Waals surface area contributed by atoms with Crippen molar-refractivity contribution in [1.29, 1.82) is 0 Å². The van der Waals surface area contributed by atoms with E-state index in [0.29, 0.717) is 13.0 Å². The van der Waals surface area contributed by atoms with Crippen LogP contribution in [0.2, 0.25) is 0 Å². The van der Waals surface area contributed by atoms with E-state index >= 15 is 0 Å². The Morgan fingerprint density at radius 3 is 2.40 bits per heavy atom. The third kappa shape index (κ3) is 4.39. The summed E-state index contributed by atoms with van der Waals surface area (Å²) >= 11 is 0. The Morgan fingerprint density at radius 2 is 1.75 bits per heavy atom. The van der Waals surface area contributed by atoms with Gasteiger partial charge in [-0.2, -0.15) is 0 Å². The molecule has 2 heteroatoms. The van der Waals surface area contributed by atoms with Gasteiger partial charge in [-0.25, -0.2) is 0 Å². The summed E-state index contributed by atoms with van der Waals surface area (Å²) in [7, 11) is 0. The summed E-state index contributed by atoms with van der Waals surface area (Å²) < 4.78 is 5.70. The summed E-state index contributed by atoms with van der Waals surface area (Å²) in [6.45, 7) is 2.41. The molecule has 2 nitrogen and oxygen atoms in total. The van der Waals surface area contributed by atoms with Crippen molar-refractivity contribution < 1.29 is 9.53 Å². The molecule has 0 spiro atoms. The van der Waals surface area contributed by atoms with E-state index in [9.17, 15) is 4.79 Å². The quantitative estimate of drug-likeness (QED) is 0.730. The van der Waals surface area contributed by atoms with Crippen LogP contribution in [0.15, 0.2) is 60.7 Å². The van der Waals surface area contributed by atoms with E-state index in [1.165, 1.54) is 0 Å². The largest absolute Gasteiger partial charge is 0.489 e. The summed E-state index contributed by atoms with van der Waals surface area (Å²) in [6.07, 6.45) is 3.97. The Balaban J connectivity index is 1.91. The lowest BCUT2D eigenvalue weighted by Crippen LogP contribution is -1.94. The van der Waals surface area contributed by atoms with E-state index in [1.807, 2.05) is 67.6 Å². The van der Waals surface area contributed by atoms with Gasteiger partial charge in [0.25, 0.3) is 0 Å². The lowest BCUT2D eigenvalue weighted by Gasteiger charge is -2.06. The van der Waals surface area contributed by atoms with Crippen molar-refractivity contribution in [3.05, 3.63) is 71.8 Å². The molecule has 102 valence electrons. The highest BCUT2D eigenvalue weighted by Crippen LogP contribution is 2.15.